The lowest BCUT2D eigenvalue weighted by Crippen LogP contribution is -2.02. The van der Waals surface area contributed by atoms with Crippen LogP contribution in [-0.4, -0.2) is 28.7 Å². The SMILES string of the molecule is Cc1nccn1CC#CCOC1=NOCC1. The van der Waals surface area contributed by atoms with Gasteiger partial charge in [-0.2, -0.15) is 0 Å². The summed E-state index contributed by atoms with van der Waals surface area (Å²) in [7, 11) is 0. The van der Waals surface area contributed by atoms with Crippen LogP contribution in [0, 0.1) is 18.8 Å². The normalized spacial score (nSPS) is 13.7. The molecular weight excluding hydrogens is 206 g/mol. The van der Waals surface area contributed by atoms with E-state index in [0.717, 1.165) is 12.2 Å². The number of hydrogen-bond acceptors (Lipinski definition) is 4. The molecule has 0 aliphatic carbocycles. The van der Waals surface area contributed by atoms with Gasteiger partial charge in [-0.25, -0.2) is 4.98 Å². The number of oxime groups is 1. The van der Waals surface area contributed by atoms with Crippen LogP contribution in [0.1, 0.15) is 12.2 Å². The van der Waals surface area contributed by atoms with Crippen molar-refractivity contribution in [2.75, 3.05) is 13.2 Å². The summed E-state index contributed by atoms with van der Waals surface area (Å²) >= 11 is 0. The Morgan fingerprint density at radius 3 is 3.19 bits per heavy atom. The Kier molecular flexibility index (Phi) is 3.44. The molecule has 0 aromatic carbocycles. The number of aryl methyl sites for hydroxylation is 1. The summed E-state index contributed by atoms with van der Waals surface area (Å²) in [6.45, 7) is 3.55. The average Bonchev–Trinajstić information content (AvgIpc) is 2.90. The lowest BCUT2D eigenvalue weighted by atomic mass is 10.5. The van der Waals surface area contributed by atoms with Crippen molar-refractivity contribution in [1.82, 2.24) is 9.55 Å². The molecule has 0 atom stereocenters. The number of rotatable bonds is 2. The molecular formula is C11H13N3O2. The fourth-order valence-electron chi connectivity index (χ4n) is 1.28. The summed E-state index contributed by atoms with van der Waals surface area (Å²) < 4.78 is 7.25. The van der Waals surface area contributed by atoms with Gasteiger partial charge in [-0.3, -0.25) is 0 Å². The molecule has 0 amide bonds. The van der Waals surface area contributed by atoms with E-state index in [0.29, 0.717) is 25.7 Å². The van der Waals surface area contributed by atoms with Crippen molar-refractivity contribution < 1.29 is 9.57 Å². The predicted octanol–water partition coefficient (Wildman–Crippen LogP) is 0.945. The molecule has 0 radical (unpaired) electrons. The molecule has 1 aliphatic heterocycles. The molecule has 84 valence electrons. The first-order valence-electron chi connectivity index (χ1n) is 5.11. The first-order valence-corrected chi connectivity index (χ1v) is 5.11. The predicted molar refractivity (Wildman–Crippen MR) is 58.7 cm³/mol. The second-order valence-electron chi connectivity index (χ2n) is 3.31. The van der Waals surface area contributed by atoms with E-state index in [1.165, 1.54) is 0 Å². The second kappa shape index (κ2) is 5.21. The van der Waals surface area contributed by atoms with Gasteiger partial charge < -0.3 is 14.1 Å². The average molecular weight is 219 g/mol. The van der Waals surface area contributed by atoms with Gasteiger partial charge in [0.05, 0.1) is 13.0 Å². The number of hydrogen-bond donors (Lipinski definition) is 0. The maximum atomic E-state index is 5.28. The van der Waals surface area contributed by atoms with Gasteiger partial charge in [-0.15, -0.1) is 0 Å². The van der Waals surface area contributed by atoms with Crippen molar-refractivity contribution in [3.8, 4) is 11.8 Å². The second-order valence-corrected chi connectivity index (χ2v) is 3.31. The lowest BCUT2D eigenvalue weighted by molar-refractivity contribution is 0.171. The van der Waals surface area contributed by atoms with Crippen LogP contribution in [0.15, 0.2) is 17.5 Å². The number of nitrogens with zero attached hydrogens (tertiary/aromatic N) is 3. The molecule has 2 heterocycles. The topological polar surface area (TPSA) is 48.6 Å². The standard InChI is InChI=1S/C11H13N3O2/c1-10-12-5-7-14(10)6-2-3-8-15-11-4-9-16-13-11/h5,7H,4,6,8-9H2,1H3. The molecule has 5 nitrogen and oxygen atoms in total. The van der Waals surface area contributed by atoms with Gasteiger partial charge in [0.15, 0.2) is 6.61 Å². The minimum absolute atomic E-state index is 0.357. The van der Waals surface area contributed by atoms with Crippen LogP contribution in [-0.2, 0) is 16.1 Å². The van der Waals surface area contributed by atoms with E-state index >= 15 is 0 Å². The Balaban J connectivity index is 1.72. The minimum Gasteiger partial charge on any atom is -0.465 e. The van der Waals surface area contributed by atoms with Gasteiger partial charge in [-0.1, -0.05) is 17.0 Å². The van der Waals surface area contributed by atoms with Crippen LogP contribution in [0.25, 0.3) is 0 Å². The van der Waals surface area contributed by atoms with Gasteiger partial charge in [-0.05, 0) is 6.92 Å². The molecule has 0 saturated carbocycles. The maximum absolute atomic E-state index is 5.28. The van der Waals surface area contributed by atoms with Crippen molar-refractivity contribution in [2.45, 2.75) is 19.9 Å². The van der Waals surface area contributed by atoms with Crippen molar-refractivity contribution in [1.29, 1.82) is 0 Å². The summed E-state index contributed by atoms with van der Waals surface area (Å²) in [5.41, 5.74) is 0. The molecule has 5 heteroatoms. The number of aromatic nitrogens is 2. The smallest absolute Gasteiger partial charge is 0.230 e. The molecule has 0 unspecified atom stereocenters. The molecule has 1 aromatic rings. The van der Waals surface area contributed by atoms with E-state index in [9.17, 15) is 0 Å². The Morgan fingerprint density at radius 1 is 1.56 bits per heavy atom. The molecule has 0 N–H and O–H groups in total. The number of imidazole rings is 1. The maximum Gasteiger partial charge on any atom is 0.230 e. The molecule has 0 spiro atoms. The Labute approximate surface area is 94.1 Å². The van der Waals surface area contributed by atoms with Crippen LogP contribution in [0.3, 0.4) is 0 Å². The van der Waals surface area contributed by atoms with Crippen LogP contribution >= 0.6 is 0 Å². The Bertz CT molecular complexity index is 440. The highest BCUT2D eigenvalue weighted by atomic mass is 16.7. The highest BCUT2D eigenvalue weighted by molar-refractivity contribution is 5.76. The molecule has 16 heavy (non-hydrogen) atoms. The van der Waals surface area contributed by atoms with Crippen LogP contribution in [0.5, 0.6) is 0 Å². The zero-order chi connectivity index (χ0) is 11.2. The van der Waals surface area contributed by atoms with E-state index in [-0.39, 0.29) is 0 Å². The largest absolute Gasteiger partial charge is 0.465 e. The third-order valence-corrected chi connectivity index (χ3v) is 2.18. The van der Waals surface area contributed by atoms with E-state index < -0.39 is 0 Å². The van der Waals surface area contributed by atoms with Gasteiger partial charge in [0.1, 0.15) is 12.4 Å². The summed E-state index contributed by atoms with van der Waals surface area (Å²) in [5, 5.41) is 3.71. The van der Waals surface area contributed by atoms with Crippen LogP contribution in [0.2, 0.25) is 0 Å². The van der Waals surface area contributed by atoms with Crippen molar-refractivity contribution in [3.05, 3.63) is 18.2 Å². The highest BCUT2D eigenvalue weighted by Crippen LogP contribution is 2.00. The van der Waals surface area contributed by atoms with Gasteiger partial charge >= 0.3 is 0 Å². The van der Waals surface area contributed by atoms with Crippen LogP contribution < -0.4 is 0 Å². The minimum atomic E-state index is 0.357. The first-order chi connectivity index (χ1) is 7.86. The summed E-state index contributed by atoms with van der Waals surface area (Å²) in [4.78, 5) is 8.90. The zero-order valence-electron chi connectivity index (χ0n) is 9.14. The quantitative estimate of drug-likeness (QED) is 0.696. The molecule has 0 bridgehead atoms. The third-order valence-electron chi connectivity index (χ3n) is 2.18. The Morgan fingerprint density at radius 2 is 2.50 bits per heavy atom. The van der Waals surface area contributed by atoms with Crippen molar-refractivity contribution >= 4 is 5.90 Å². The van der Waals surface area contributed by atoms with Crippen molar-refractivity contribution in [2.24, 2.45) is 5.16 Å². The zero-order valence-corrected chi connectivity index (χ0v) is 9.14. The van der Waals surface area contributed by atoms with E-state index in [1.54, 1.807) is 6.20 Å². The Hall–Kier alpha value is -1.96. The van der Waals surface area contributed by atoms with Gasteiger partial charge in [0.25, 0.3) is 0 Å². The summed E-state index contributed by atoms with van der Waals surface area (Å²) in [6.07, 6.45) is 4.40. The monoisotopic (exact) mass is 219 g/mol. The summed E-state index contributed by atoms with van der Waals surface area (Å²) in [6, 6.07) is 0. The van der Waals surface area contributed by atoms with E-state index in [4.69, 9.17) is 9.57 Å². The first kappa shape index (κ1) is 10.6. The molecule has 1 aliphatic rings. The molecule has 0 fully saturated rings. The third kappa shape index (κ3) is 2.76. The fourth-order valence-corrected chi connectivity index (χ4v) is 1.28. The molecule has 0 saturated heterocycles. The molecule has 1 aromatic heterocycles. The van der Waals surface area contributed by atoms with Crippen molar-refractivity contribution in [3.63, 3.8) is 0 Å². The lowest BCUT2D eigenvalue weighted by Gasteiger charge is -1.97. The van der Waals surface area contributed by atoms with E-state index in [1.807, 2.05) is 17.7 Å². The summed E-state index contributed by atoms with van der Waals surface area (Å²) in [5.74, 6) is 7.52. The van der Waals surface area contributed by atoms with Crippen LogP contribution in [0.4, 0.5) is 0 Å². The highest BCUT2D eigenvalue weighted by Gasteiger charge is 2.07. The number of ether oxygens (including phenoxy) is 1. The van der Waals surface area contributed by atoms with E-state index in [2.05, 4.69) is 22.0 Å². The molecule has 2 rings (SSSR count). The fraction of sp³-hybridized carbons (Fsp3) is 0.455. The van der Waals surface area contributed by atoms with Gasteiger partial charge in [0.2, 0.25) is 5.90 Å². The van der Waals surface area contributed by atoms with Gasteiger partial charge in [0, 0.05) is 12.4 Å².